The van der Waals surface area contributed by atoms with E-state index in [1.807, 2.05) is 0 Å². The number of amides is 2. The zero-order chi connectivity index (χ0) is 13.8. The Hall–Kier alpha value is -1.59. The minimum Gasteiger partial charge on any atom is -0.465 e. The highest BCUT2D eigenvalue weighted by Crippen LogP contribution is 2.25. The van der Waals surface area contributed by atoms with E-state index in [4.69, 9.17) is 5.11 Å². The van der Waals surface area contributed by atoms with Crippen LogP contribution in [-0.2, 0) is 9.59 Å². The van der Waals surface area contributed by atoms with Crippen LogP contribution in [0.5, 0.6) is 0 Å². The molecule has 3 N–H and O–H groups in total. The molecule has 0 aliphatic carbocycles. The molecule has 102 valence electrons. The molecule has 0 bridgehead atoms. The Kier molecular flexibility index (Phi) is 4.69. The Morgan fingerprint density at radius 1 is 1.67 bits per heavy atom. The van der Waals surface area contributed by atoms with Gasteiger partial charge in [0.2, 0.25) is 5.91 Å². The number of hydrogen-bond donors (Lipinski definition) is 3. The third-order valence-corrected chi connectivity index (χ3v) is 3.16. The molecule has 1 heterocycles. The van der Waals surface area contributed by atoms with Crippen molar-refractivity contribution in [1.29, 1.82) is 0 Å². The molecule has 0 radical (unpaired) electrons. The summed E-state index contributed by atoms with van der Waals surface area (Å²) < 4.78 is 0. The Bertz CT molecular complexity index is 341. The predicted molar refractivity (Wildman–Crippen MR) is 65.1 cm³/mol. The Morgan fingerprint density at radius 2 is 2.33 bits per heavy atom. The van der Waals surface area contributed by atoms with E-state index < -0.39 is 11.6 Å². The summed E-state index contributed by atoms with van der Waals surface area (Å²) >= 11 is 0. The molecule has 6 nitrogen and oxygen atoms in total. The van der Waals surface area contributed by atoms with E-state index in [0.717, 1.165) is 12.7 Å². The van der Waals surface area contributed by atoms with Crippen LogP contribution in [0, 0.1) is 11.8 Å². The van der Waals surface area contributed by atoms with Crippen LogP contribution in [-0.4, -0.2) is 35.5 Å². The summed E-state index contributed by atoms with van der Waals surface area (Å²) in [5.41, 5.74) is -0.674. The van der Waals surface area contributed by atoms with Crippen molar-refractivity contribution >= 4 is 18.3 Å². The molecule has 0 saturated carbocycles. The maximum Gasteiger partial charge on any atom is 0.405 e. The summed E-state index contributed by atoms with van der Waals surface area (Å²) in [5, 5.41) is 13.8. The largest absolute Gasteiger partial charge is 0.465 e. The summed E-state index contributed by atoms with van der Waals surface area (Å²) in [6.07, 6.45) is 1.34. The second-order valence-corrected chi connectivity index (χ2v) is 5.43. The first-order chi connectivity index (χ1) is 8.34. The van der Waals surface area contributed by atoms with E-state index in [1.165, 1.54) is 0 Å². The second-order valence-electron chi connectivity index (χ2n) is 5.43. The first-order valence-corrected chi connectivity index (χ1v) is 6.08. The Labute approximate surface area is 106 Å². The van der Waals surface area contributed by atoms with Crippen LogP contribution in [0.25, 0.3) is 0 Å². The molecule has 18 heavy (non-hydrogen) atoms. The molecule has 1 saturated heterocycles. The van der Waals surface area contributed by atoms with Gasteiger partial charge in [-0.25, -0.2) is 4.79 Å². The van der Waals surface area contributed by atoms with Crippen LogP contribution in [0.2, 0.25) is 0 Å². The highest BCUT2D eigenvalue weighted by Gasteiger charge is 2.31. The van der Waals surface area contributed by atoms with Crippen molar-refractivity contribution in [3.05, 3.63) is 0 Å². The van der Waals surface area contributed by atoms with Crippen molar-refractivity contribution in [3.63, 3.8) is 0 Å². The molecule has 2 amide bonds. The lowest BCUT2D eigenvalue weighted by Gasteiger charge is -2.28. The smallest absolute Gasteiger partial charge is 0.405 e. The molecule has 0 unspecified atom stereocenters. The van der Waals surface area contributed by atoms with Gasteiger partial charge in [0, 0.05) is 23.9 Å². The van der Waals surface area contributed by atoms with E-state index in [-0.39, 0.29) is 17.7 Å². The van der Waals surface area contributed by atoms with Crippen molar-refractivity contribution in [3.8, 4) is 0 Å². The molecule has 2 atom stereocenters. The van der Waals surface area contributed by atoms with Crippen LogP contribution in [0.4, 0.5) is 4.79 Å². The zero-order valence-electron chi connectivity index (χ0n) is 10.7. The minimum absolute atomic E-state index is 0.00847. The predicted octanol–water partition coefficient (Wildman–Crippen LogP) is 0.764. The highest BCUT2D eigenvalue weighted by molar-refractivity contribution is 5.80. The van der Waals surface area contributed by atoms with Crippen molar-refractivity contribution in [2.45, 2.75) is 38.6 Å². The molecule has 0 spiro atoms. The molecule has 1 aliphatic heterocycles. The van der Waals surface area contributed by atoms with Gasteiger partial charge < -0.3 is 20.5 Å². The van der Waals surface area contributed by atoms with Crippen LogP contribution in [0.1, 0.15) is 33.1 Å². The number of aldehydes is 1. The molecular weight excluding hydrogens is 236 g/mol. The van der Waals surface area contributed by atoms with E-state index in [1.54, 1.807) is 13.8 Å². The second kappa shape index (κ2) is 5.84. The molecular formula is C12H20N2O4. The molecule has 0 aromatic carbocycles. The zero-order valence-corrected chi connectivity index (χ0v) is 10.7. The maximum absolute atomic E-state index is 11.4. The number of carbonyl (C=O) groups excluding carboxylic acids is 2. The Balaban J connectivity index is 2.53. The van der Waals surface area contributed by atoms with Gasteiger partial charge in [0.15, 0.2) is 0 Å². The van der Waals surface area contributed by atoms with Crippen LogP contribution in [0.15, 0.2) is 0 Å². The summed E-state index contributed by atoms with van der Waals surface area (Å²) in [4.78, 5) is 33.1. The summed E-state index contributed by atoms with van der Waals surface area (Å²) in [6, 6.07) is 0. The van der Waals surface area contributed by atoms with E-state index in [9.17, 15) is 14.4 Å². The van der Waals surface area contributed by atoms with Gasteiger partial charge in [-0.2, -0.15) is 0 Å². The van der Waals surface area contributed by atoms with E-state index in [2.05, 4.69) is 10.6 Å². The topological polar surface area (TPSA) is 95.5 Å². The van der Waals surface area contributed by atoms with Crippen LogP contribution < -0.4 is 10.6 Å². The highest BCUT2D eigenvalue weighted by atomic mass is 16.4. The van der Waals surface area contributed by atoms with Gasteiger partial charge >= 0.3 is 6.09 Å². The fourth-order valence-corrected chi connectivity index (χ4v) is 2.42. The van der Waals surface area contributed by atoms with Gasteiger partial charge in [0.05, 0.1) is 0 Å². The standard InChI is InChI=1S/C12H20N2O4/c1-12(2,14-11(17)18)6-8(7-15)5-9-3-4-13-10(9)16/h7-9,14H,3-6H2,1-2H3,(H,13,16)(H,17,18)/t8-,9+/m0/s1. The third kappa shape index (κ3) is 4.35. The monoisotopic (exact) mass is 256 g/mol. The maximum atomic E-state index is 11.4. The van der Waals surface area contributed by atoms with Crippen molar-refractivity contribution in [2.24, 2.45) is 11.8 Å². The average molecular weight is 256 g/mol. The quantitative estimate of drug-likeness (QED) is 0.611. The van der Waals surface area contributed by atoms with Crippen LogP contribution >= 0.6 is 0 Å². The van der Waals surface area contributed by atoms with Gasteiger partial charge in [-0.3, -0.25) is 4.79 Å². The number of carbonyl (C=O) groups is 3. The van der Waals surface area contributed by atoms with Crippen molar-refractivity contribution in [2.75, 3.05) is 6.54 Å². The van der Waals surface area contributed by atoms with Gasteiger partial charge in [-0.1, -0.05) is 0 Å². The van der Waals surface area contributed by atoms with E-state index in [0.29, 0.717) is 19.4 Å². The lowest BCUT2D eigenvalue weighted by Crippen LogP contribution is -2.44. The molecule has 1 fully saturated rings. The van der Waals surface area contributed by atoms with Gasteiger partial charge in [0.25, 0.3) is 0 Å². The third-order valence-electron chi connectivity index (χ3n) is 3.16. The summed E-state index contributed by atoms with van der Waals surface area (Å²) in [6.45, 7) is 4.12. The Morgan fingerprint density at radius 3 is 2.78 bits per heavy atom. The molecule has 0 aromatic rings. The minimum atomic E-state index is -1.11. The molecule has 1 aliphatic rings. The lowest BCUT2D eigenvalue weighted by atomic mass is 9.85. The van der Waals surface area contributed by atoms with Crippen LogP contribution in [0.3, 0.4) is 0 Å². The van der Waals surface area contributed by atoms with Gasteiger partial charge in [-0.15, -0.1) is 0 Å². The van der Waals surface area contributed by atoms with Gasteiger partial charge in [-0.05, 0) is 33.1 Å². The number of carboxylic acid groups (broad SMARTS) is 1. The fourth-order valence-electron chi connectivity index (χ4n) is 2.42. The molecule has 0 aromatic heterocycles. The first kappa shape index (κ1) is 14.5. The first-order valence-electron chi connectivity index (χ1n) is 6.08. The lowest BCUT2D eigenvalue weighted by molar-refractivity contribution is -0.123. The molecule has 6 heteroatoms. The average Bonchev–Trinajstić information content (AvgIpc) is 2.61. The fraction of sp³-hybridized carbons (Fsp3) is 0.750. The van der Waals surface area contributed by atoms with E-state index >= 15 is 0 Å². The summed E-state index contributed by atoms with van der Waals surface area (Å²) in [5.74, 6) is -0.438. The van der Waals surface area contributed by atoms with Gasteiger partial charge in [0.1, 0.15) is 6.29 Å². The van der Waals surface area contributed by atoms with Crippen molar-refractivity contribution in [1.82, 2.24) is 10.6 Å². The number of nitrogens with one attached hydrogen (secondary N) is 2. The normalized spacial score (nSPS) is 21.2. The SMILES string of the molecule is CC(C)(C[C@@H](C=O)C[C@H]1CCNC1=O)NC(=O)O. The van der Waals surface area contributed by atoms with Crippen molar-refractivity contribution < 1.29 is 19.5 Å². The number of rotatable bonds is 6. The molecule has 1 rings (SSSR count). The number of hydrogen-bond acceptors (Lipinski definition) is 3. The summed E-state index contributed by atoms with van der Waals surface area (Å²) in [7, 11) is 0.